The van der Waals surface area contributed by atoms with E-state index in [1.807, 2.05) is 0 Å². The van der Waals surface area contributed by atoms with Gasteiger partial charge in [-0.05, 0) is 153 Å². The van der Waals surface area contributed by atoms with Gasteiger partial charge in [-0.25, -0.2) is 100 Å². The normalized spacial score (nSPS) is 15.9. The maximum atomic E-state index is 13.9. The Morgan fingerprint density at radius 1 is 0.438 bits per heavy atom. The molecule has 9 aromatic rings. The number of rotatable bonds is 20. The number of carboxylic acid groups (broad SMARTS) is 3. The van der Waals surface area contributed by atoms with Gasteiger partial charge in [-0.15, -0.1) is 0 Å². The number of aromatic carboxylic acids is 3. The molecule has 0 radical (unpaired) electrons. The van der Waals surface area contributed by atoms with Crippen molar-refractivity contribution in [3.63, 3.8) is 0 Å². The molecule has 146 heavy (non-hydrogen) atoms. The van der Waals surface area contributed by atoms with Gasteiger partial charge in [0.1, 0.15) is 86.7 Å². The number of sulfonamides is 2. The summed E-state index contributed by atoms with van der Waals surface area (Å²) in [6.07, 6.45) is -6.40. The van der Waals surface area contributed by atoms with E-state index < -0.39 is 280 Å². The molecule has 12 rings (SSSR count). The van der Waals surface area contributed by atoms with Gasteiger partial charge in [-0.3, -0.25) is 44.7 Å². The Labute approximate surface area is 877 Å². The number of benzene rings is 9. The molecule has 4 unspecified atom stereocenters. The number of hydrogen-bond acceptors (Lipinski definition) is 32. The number of hydrogen-bond donors (Lipinski definition) is 13. The summed E-state index contributed by atoms with van der Waals surface area (Å²) in [5, 5.41) is 99.8. The lowest BCUT2D eigenvalue weighted by Gasteiger charge is -2.35. The fraction of sp³-hybridized carbons (Fsp3) is 0.211. The van der Waals surface area contributed by atoms with E-state index in [0.717, 1.165) is 79.9 Å². The van der Waals surface area contributed by atoms with Crippen molar-refractivity contribution >= 4 is 276 Å². The average molecular weight is 2430 g/mol. The molecule has 3 aliphatic rings. The van der Waals surface area contributed by atoms with Gasteiger partial charge in [0.2, 0.25) is 20.0 Å². The summed E-state index contributed by atoms with van der Waals surface area (Å²) in [6.45, 7) is -3.42. The number of aliphatic hydroxyl groups excluding tert-OH is 4. The first-order valence-corrected chi connectivity index (χ1v) is 52.0. The zero-order chi connectivity index (χ0) is 112. The fourth-order valence-corrected chi connectivity index (χ4v) is 20.1. The Morgan fingerprint density at radius 3 is 1.05 bits per heavy atom. The minimum absolute atomic E-state index is 0.00179. The van der Waals surface area contributed by atoms with E-state index in [1.54, 1.807) is 12.1 Å². The second-order valence-corrected chi connectivity index (χ2v) is 43.6. The summed E-state index contributed by atoms with van der Waals surface area (Å²) in [7, 11) is -6.01. The molecule has 43 nitrogen and oxygen atoms in total. The van der Waals surface area contributed by atoms with Gasteiger partial charge in [0.05, 0.1) is 94.4 Å². The van der Waals surface area contributed by atoms with Crippen LogP contribution in [0.4, 0.5) is 85.0 Å². The van der Waals surface area contributed by atoms with E-state index >= 15 is 0 Å². The molecule has 0 bridgehead atoms. The van der Waals surface area contributed by atoms with Gasteiger partial charge >= 0.3 is 17.9 Å². The maximum Gasteiger partial charge on any atom is 0.335 e. The number of halogens is 21. The highest BCUT2D eigenvalue weighted by Crippen LogP contribution is 2.42. The summed E-state index contributed by atoms with van der Waals surface area (Å²) < 4.78 is 261. The molecule has 0 saturated carbocycles. The number of alkyl halides is 6. The molecule has 0 aromatic heterocycles. The second-order valence-electron chi connectivity index (χ2n) is 28.1. The van der Waals surface area contributed by atoms with Crippen molar-refractivity contribution in [2.45, 2.75) is 79.8 Å². The van der Waals surface area contributed by atoms with Gasteiger partial charge < -0.3 is 73.0 Å². The third-order valence-corrected chi connectivity index (χ3v) is 29.5. The van der Waals surface area contributed by atoms with Crippen LogP contribution in [0.5, 0.6) is 0 Å². The molecule has 3 saturated heterocycles. The summed E-state index contributed by atoms with van der Waals surface area (Å²) in [4.78, 5) is 95.3. The first kappa shape index (κ1) is 128. The van der Waals surface area contributed by atoms with Crippen molar-refractivity contribution in [2.75, 3.05) is 73.8 Å². The van der Waals surface area contributed by atoms with E-state index in [0.29, 0.717) is 44.4 Å². The van der Waals surface area contributed by atoms with Crippen molar-refractivity contribution in [3.8, 4) is 0 Å². The average Bonchev–Trinajstić information content (AvgIpc) is 0.763. The van der Waals surface area contributed by atoms with Crippen molar-refractivity contribution in [3.05, 3.63) is 267 Å². The summed E-state index contributed by atoms with van der Waals surface area (Å²) in [6, 6.07) is 25.4. The lowest BCUT2D eigenvalue weighted by molar-refractivity contribution is -0.385. The number of carbonyl (C=O) groups excluding carboxylic acids is 3. The molecule has 3 amide bonds. The van der Waals surface area contributed by atoms with Crippen LogP contribution in [0.15, 0.2) is 170 Å². The van der Waals surface area contributed by atoms with Crippen LogP contribution in [0.1, 0.15) is 81.4 Å². The van der Waals surface area contributed by atoms with Gasteiger partial charge in [-0.2, -0.15) is 12.3 Å². The number of nitrogens with two attached hydrogens (primary N) is 2. The third-order valence-electron chi connectivity index (χ3n) is 18.2. The molecule has 3 heterocycles. The van der Waals surface area contributed by atoms with Gasteiger partial charge in [0, 0.05) is 109 Å². The Hall–Kier alpha value is -10.0. The van der Waals surface area contributed by atoms with E-state index in [1.165, 1.54) is 36.4 Å². The van der Waals surface area contributed by atoms with Crippen LogP contribution < -0.4 is 32.7 Å². The minimum Gasteiger partial charge on any atom is -0.749 e. The number of nitrogens with one attached hydrogen (secondary N) is 4. The molecular weight excluding hydrogens is 2370 g/mol. The number of amides is 3. The minimum atomic E-state index is -4.83. The highest BCUT2D eigenvalue weighted by molar-refractivity contribution is 8.14. The number of piperidine rings is 3. The molecule has 798 valence electrons. The van der Waals surface area contributed by atoms with E-state index in [-0.39, 0.29) is 72.5 Å². The number of anilines is 5. The molecule has 4 atom stereocenters. The number of nitrogens with zero attached hydrogens (tertiary/aromatic N) is 5. The van der Waals surface area contributed by atoms with Crippen molar-refractivity contribution < 1.29 is 173 Å². The van der Waals surface area contributed by atoms with E-state index in [9.17, 15) is 151 Å². The van der Waals surface area contributed by atoms with Crippen LogP contribution in [-0.4, -0.2) is 228 Å². The Bertz CT molecular complexity index is 7120. The first-order chi connectivity index (χ1) is 67.1. The number of carbonyl (C=O) groups is 6. The van der Waals surface area contributed by atoms with Crippen LogP contribution in [-0.2, 0) is 62.3 Å². The topological polar surface area (TPSA) is 700 Å². The van der Waals surface area contributed by atoms with Crippen LogP contribution in [0.3, 0.4) is 0 Å². The largest absolute Gasteiger partial charge is 0.749 e. The zero-order valence-electron chi connectivity index (χ0n) is 71.6. The highest BCUT2D eigenvalue weighted by atomic mass is 35.7. The highest BCUT2D eigenvalue weighted by Gasteiger charge is 2.50. The molecular formula is C76H63Cl12F9N11O32S6-. The van der Waals surface area contributed by atoms with E-state index in [2.05, 4.69) is 36.9 Å². The molecule has 9 aromatic carbocycles. The number of nitro groups is 3. The predicted octanol–water partition coefficient (Wildman–Crippen LogP) is 15.6. The second kappa shape index (κ2) is 54.4. The van der Waals surface area contributed by atoms with Crippen LogP contribution >= 0.6 is 137 Å². The number of aliphatic hydroxyl groups is 4. The molecule has 0 aliphatic carbocycles. The molecule has 70 heteroatoms. The van der Waals surface area contributed by atoms with Crippen LogP contribution in [0.2, 0.25) is 40.2 Å². The first-order valence-electron chi connectivity index (χ1n) is 37.9. The third kappa shape index (κ3) is 36.7. The standard InChI is InChI=1S/C18H14Cl2F3N3O6S.C18H18ClF3N4O4S.C13H6Cl3FN2O5S.C7H3Cl2NO6S.C7H4Cl2O4S.C7H5ClO2.C5H9F2NO.CH4O.ClHO3S/c19-11-7-10(1-2-12(11)21)24-17(28)9-5-13(26(29)30)16(20)14(6-9)33(31,32)25-4-3-15(27)18(22,23)8-25;19-11-7-10(1-2-12(11)20)25-17(28)9-5-13(23)16(24)14(6-9)31(29,30)26-4-3-15(27)18(21,22)8-26;14-8-5-7(1-2-9(8)17)18-13(20)6-3-10(19(21)22)12(15)11(4-6)25(16,23)24;8-6-4(10(13)14)1-3(7(11)12)2-5(6)17(9,15)16;8-5-2-1-4(7(10)11)3-6(5)14(9,12)13;8-6-3-1-5(2-4-6)7(9)10;6-5(7)3-8-2-1-4(5)9;1-2;1-4-5(2)3/h1-2,5-7,15,27H,3-4,8H2,(H,24,28);1-2,5-7,15,27H,3-4,8,23-24H2,(H,25,28);1-5H,(H,18,20);1-2H,(H,11,12);1-3H,(H,10,11);1-4H,(H,9,10);4,8-9H,1-3H2;2H,1H3;(H,2,3)/p-1. The van der Waals surface area contributed by atoms with Crippen molar-refractivity contribution in [1.82, 2.24) is 13.9 Å². The van der Waals surface area contributed by atoms with E-state index in [4.69, 9.17) is 171 Å². The number of carboxylic acids is 3. The van der Waals surface area contributed by atoms with Gasteiger partial charge in [-0.1, -0.05) is 92.8 Å². The lowest BCUT2D eigenvalue weighted by atomic mass is 10.1. The fourth-order valence-electron chi connectivity index (χ4n) is 11.1. The van der Waals surface area contributed by atoms with Gasteiger partial charge in [0.25, 0.3) is 79.7 Å². The number of nitro benzene ring substituents is 3. The zero-order valence-corrected chi connectivity index (χ0v) is 85.5. The van der Waals surface area contributed by atoms with Crippen LogP contribution in [0, 0.1) is 47.8 Å². The summed E-state index contributed by atoms with van der Waals surface area (Å²) in [5.41, 5.74) is 6.78. The molecule has 15 N–H and O–H groups in total. The maximum absolute atomic E-state index is 13.9. The SMILES string of the molecule is CO.Nc1cc(C(=O)Nc2ccc(F)c(Cl)c2)cc(S(=O)(=O)N2CCC(O)C(F)(F)C2)c1N.O=C(Nc1ccc(F)c(Cl)c1)c1cc([N+](=O)[O-])c(Cl)c(S(=O)(=O)Cl)c1.O=C(Nc1ccc(F)c(Cl)c1)c1cc([N+](=O)[O-])c(Cl)c(S(=O)(=O)N2CCC(O)C(F)(F)C2)c1.O=C(O)c1cc([N+](=O)[O-])c(Cl)c(S(=O)(=O)Cl)c1.O=C(O)c1ccc(Cl)c(S(=O)(=O)Cl)c1.O=C(O)c1ccc(Cl)cc1.O=S([O-])OCl.OC1CCNCC1(F)F. The Balaban J connectivity index is 0.000000365. The van der Waals surface area contributed by atoms with Crippen molar-refractivity contribution in [1.29, 1.82) is 0 Å². The molecule has 3 fully saturated rings. The number of nitrogen functional groups attached to an aromatic ring is 2. The summed E-state index contributed by atoms with van der Waals surface area (Å²) in [5.74, 6) is -19.0. The lowest BCUT2D eigenvalue weighted by Crippen LogP contribution is -2.53. The van der Waals surface area contributed by atoms with Gasteiger partial charge in [0.15, 0.2) is 0 Å². The predicted molar refractivity (Wildman–Crippen MR) is 512 cm³/mol. The Morgan fingerprint density at radius 2 is 0.740 bits per heavy atom. The Kier molecular flexibility index (Phi) is 47.8. The molecule has 0 spiro atoms. The quantitative estimate of drug-likeness (QED) is 0.00841. The summed E-state index contributed by atoms with van der Waals surface area (Å²) >= 11 is 46.7. The molecule has 3 aliphatic heterocycles. The van der Waals surface area contributed by atoms with Crippen molar-refractivity contribution in [2.24, 2.45) is 0 Å². The van der Waals surface area contributed by atoms with Crippen LogP contribution in [0.25, 0.3) is 0 Å². The smallest absolute Gasteiger partial charge is 0.335 e. The monoisotopic (exact) mass is 2420 g/mol.